The molecule has 0 aliphatic carbocycles. The first-order chi connectivity index (χ1) is 11.0. The largest absolute Gasteiger partial charge is 0.243 e. The quantitative estimate of drug-likeness (QED) is 0.766. The summed E-state index contributed by atoms with van der Waals surface area (Å²) in [6, 6.07) is 9.91. The van der Waals surface area contributed by atoms with Crippen LogP contribution in [0.2, 0.25) is 0 Å². The normalized spacial score (nSPS) is 11.9. The Kier molecular flexibility index (Phi) is 4.38. The highest BCUT2D eigenvalue weighted by atomic mass is 32.2. The van der Waals surface area contributed by atoms with Gasteiger partial charge in [-0.15, -0.1) is 11.3 Å². The van der Waals surface area contributed by atoms with Gasteiger partial charge in [0, 0.05) is 13.0 Å². The smallest absolute Gasteiger partial charge is 0.241 e. The molecular formula is C15H12F2N2O2S2. The van der Waals surface area contributed by atoms with E-state index in [1.165, 1.54) is 11.3 Å². The fourth-order valence-electron chi connectivity index (χ4n) is 2.08. The predicted molar refractivity (Wildman–Crippen MR) is 84.9 cm³/mol. The summed E-state index contributed by atoms with van der Waals surface area (Å²) in [5.41, 5.74) is 0.853. The summed E-state index contributed by atoms with van der Waals surface area (Å²) in [4.78, 5) is 3.69. The van der Waals surface area contributed by atoms with Crippen LogP contribution in [0.5, 0.6) is 0 Å². The highest BCUT2D eigenvalue weighted by molar-refractivity contribution is 7.89. The van der Waals surface area contributed by atoms with Crippen molar-refractivity contribution in [2.24, 2.45) is 0 Å². The summed E-state index contributed by atoms with van der Waals surface area (Å²) in [6.45, 7) is 0.0537. The molecule has 0 atom stereocenters. The average molecular weight is 354 g/mol. The minimum atomic E-state index is -4.10. The lowest BCUT2D eigenvalue weighted by molar-refractivity contribution is 0.546. The maximum atomic E-state index is 13.6. The van der Waals surface area contributed by atoms with Crippen molar-refractivity contribution in [2.75, 3.05) is 6.54 Å². The molecule has 23 heavy (non-hydrogen) atoms. The van der Waals surface area contributed by atoms with Crippen LogP contribution in [0.1, 0.15) is 5.01 Å². The van der Waals surface area contributed by atoms with Gasteiger partial charge in [0.15, 0.2) is 0 Å². The summed E-state index contributed by atoms with van der Waals surface area (Å²) < 4.78 is 54.0. The van der Waals surface area contributed by atoms with E-state index >= 15 is 0 Å². The predicted octanol–water partition coefficient (Wildman–Crippen LogP) is 3.10. The lowest BCUT2D eigenvalue weighted by Gasteiger charge is -2.07. The lowest BCUT2D eigenvalue weighted by Crippen LogP contribution is -2.26. The van der Waals surface area contributed by atoms with Gasteiger partial charge in [-0.05, 0) is 30.3 Å². The van der Waals surface area contributed by atoms with Gasteiger partial charge in [-0.2, -0.15) is 0 Å². The molecule has 1 N–H and O–H groups in total. The molecule has 0 fully saturated rings. The zero-order chi connectivity index (χ0) is 16.4. The molecular weight excluding hydrogens is 342 g/mol. The highest BCUT2D eigenvalue weighted by Crippen LogP contribution is 2.22. The van der Waals surface area contributed by atoms with Crippen molar-refractivity contribution in [2.45, 2.75) is 11.3 Å². The first-order valence-electron chi connectivity index (χ1n) is 6.75. The first kappa shape index (κ1) is 16.0. The number of aromatic nitrogens is 1. The molecule has 0 saturated heterocycles. The summed E-state index contributed by atoms with van der Waals surface area (Å²) in [7, 11) is -4.10. The van der Waals surface area contributed by atoms with E-state index in [9.17, 15) is 17.2 Å². The molecule has 1 aromatic heterocycles. The monoisotopic (exact) mass is 354 g/mol. The zero-order valence-electron chi connectivity index (χ0n) is 11.8. The van der Waals surface area contributed by atoms with E-state index in [0.29, 0.717) is 12.5 Å². The Morgan fingerprint density at radius 2 is 1.91 bits per heavy atom. The average Bonchev–Trinajstić information content (AvgIpc) is 2.92. The molecule has 0 radical (unpaired) electrons. The van der Waals surface area contributed by atoms with Crippen LogP contribution < -0.4 is 4.72 Å². The molecule has 0 aliphatic rings. The number of fused-ring (bicyclic) bond motifs is 1. The van der Waals surface area contributed by atoms with Gasteiger partial charge in [-0.1, -0.05) is 12.1 Å². The van der Waals surface area contributed by atoms with Crippen molar-refractivity contribution in [3.63, 3.8) is 0 Å². The van der Waals surface area contributed by atoms with Gasteiger partial charge in [-0.3, -0.25) is 0 Å². The fourth-order valence-corrected chi connectivity index (χ4v) is 4.17. The Labute approximate surface area is 135 Å². The fraction of sp³-hybridized carbons (Fsp3) is 0.133. The number of nitrogens with zero attached hydrogens (tertiary/aromatic N) is 1. The minimum Gasteiger partial charge on any atom is -0.241 e. The van der Waals surface area contributed by atoms with Crippen LogP contribution in [-0.2, 0) is 16.4 Å². The minimum absolute atomic E-state index is 0.0537. The van der Waals surface area contributed by atoms with Crippen molar-refractivity contribution >= 4 is 31.6 Å². The number of rotatable bonds is 5. The number of nitrogens with one attached hydrogen (secondary N) is 1. The SMILES string of the molecule is O=S(=O)(NCCc1nc2ccccc2s1)c1cc(F)ccc1F. The molecule has 4 nitrogen and oxygen atoms in total. The molecule has 0 unspecified atom stereocenters. The van der Waals surface area contributed by atoms with Crippen LogP contribution in [0, 0.1) is 11.6 Å². The standard InChI is InChI=1S/C15H12F2N2O2S2/c16-10-5-6-11(17)14(9-10)23(20,21)18-8-7-15-19-12-3-1-2-4-13(12)22-15/h1-6,9,18H,7-8H2. The third-order valence-electron chi connectivity index (χ3n) is 3.15. The third-order valence-corrected chi connectivity index (χ3v) is 5.72. The van der Waals surface area contributed by atoms with Crippen LogP contribution >= 0.6 is 11.3 Å². The second-order valence-corrected chi connectivity index (χ2v) is 7.65. The highest BCUT2D eigenvalue weighted by Gasteiger charge is 2.19. The third kappa shape index (κ3) is 3.54. The van der Waals surface area contributed by atoms with Crippen LogP contribution in [0.25, 0.3) is 10.2 Å². The van der Waals surface area contributed by atoms with Gasteiger partial charge in [0.1, 0.15) is 16.5 Å². The van der Waals surface area contributed by atoms with Crippen molar-refractivity contribution in [1.29, 1.82) is 0 Å². The van der Waals surface area contributed by atoms with Gasteiger partial charge in [0.05, 0.1) is 15.2 Å². The number of thiazole rings is 1. The topological polar surface area (TPSA) is 59.1 Å². The molecule has 0 saturated carbocycles. The second kappa shape index (κ2) is 6.31. The molecule has 2 aromatic carbocycles. The van der Waals surface area contributed by atoms with E-state index in [4.69, 9.17) is 0 Å². The van der Waals surface area contributed by atoms with E-state index in [1.54, 1.807) is 0 Å². The number of para-hydroxylation sites is 1. The molecule has 120 valence electrons. The number of benzene rings is 2. The Morgan fingerprint density at radius 1 is 1.13 bits per heavy atom. The summed E-state index contributed by atoms with van der Waals surface area (Å²) in [5.74, 6) is -1.79. The summed E-state index contributed by atoms with van der Waals surface area (Å²) >= 11 is 1.47. The molecule has 0 aliphatic heterocycles. The van der Waals surface area contributed by atoms with Crippen LogP contribution in [0.3, 0.4) is 0 Å². The van der Waals surface area contributed by atoms with E-state index in [-0.39, 0.29) is 6.54 Å². The van der Waals surface area contributed by atoms with Crippen molar-refractivity contribution in [1.82, 2.24) is 9.71 Å². The Morgan fingerprint density at radius 3 is 2.70 bits per heavy atom. The van der Waals surface area contributed by atoms with Gasteiger partial charge >= 0.3 is 0 Å². The maximum absolute atomic E-state index is 13.6. The molecule has 1 heterocycles. The number of hydrogen-bond donors (Lipinski definition) is 1. The van der Waals surface area contributed by atoms with Gasteiger partial charge in [0.25, 0.3) is 0 Å². The zero-order valence-corrected chi connectivity index (χ0v) is 13.4. The van der Waals surface area contributed by atoms with Gasteiger partial charge in [0.2, 0.25) is 10.0 Å². The summed E-state index contributed by atoms with van der Waals surface area (Å²) in [5, 5.41) is 0.772. The van der Waals surface area contributed by atoms with E-state index in [2.05, 4.69) is 9.71 Å². The Bertz CT molecular complexity index is 922. The van der Waals surface area contributed by atoms with Crippen LogP contribution in [0.4, 0.5) is 8.78 Å². The molecule has 0 bridgehead atoms. The molecule has 0 amide bonds. The van der Waals surface area contributed by atoms with E-state index < -0.39 is 26.6 Å². The lowest BCUT2D eigenvalue weighted by atomic mass is 10.3. The van der Waals surface area contributed by atoms with Crippen molar-refractivity contribution in [3.8, 4) is 0 Å². The number of hydrogen-bond acceptors (Lipinski definition) is 4. The van der Waals surface area contributed by atoms with E-state index in [1.807, 2.05) is 24.3 Å². The maximum Gasteiger partial charge on any atom is 0.243 e. The number of halogens is 2. The van der Waals surface area contributed by atoms with Crippen LogP contribution in [-0.4, -0.2) is 19.9 Å². The molecule has 8 heteroatoms. The van der Waals surface area contributed by atoms with Gasteiger partial charge in [-0.25, -0.2) is 26.9 Å². The number of sulfonamides is 1. The molecule has 0 spiro atoms. The summed E-state index contributed by atoms with van der Waals surface area (Å²) in [6.07, 6.45) is 0.371. The van der Waals surface area contributed by atoms with Gasteiger partial charge < -0.3 is 0 Å². The first-order valence-corrected chi connectivity index (χ1v) is 9.05. The van der Waals surface area contributed by atoms with Crippen LogP contribution in [0.15, 0.2) is 47.4 Å². The second-order valence-electron chi connectivity index (χ2n) is 4.80. The molecule has 3 aromatic rings. The Balaban J connectivity index is 1.71. The molecule has 3 rings (SSSR count). The Hall–Kier alpha value is -1.90. The van der Waals surface area contributed by atoms with Crippen molar-refractivity contribution in [3.05, 3.63) is 59.1 Å². The van der Waals surface area contributed by atoms with E-state index in [0.717, 1.165) is 27.4 Å². The van der Waals surface area contributed by atoms with Crippen molar-refractivity contribution < 1.29 is 17.2 Å².